The minimum atomic E-state index is -0.405. The molecule has 0 amide bonds. The van der Waals surface area contributed by atoms with Gasteiger partial charge in [0.25, 0.3) is 5.56 Å². The summed E-state index contributed by atoms with van der Waals surface area (Å²) in [6, 6.07) is 15.1. The van der Waals surface area contributed by atoms with E-state index in [1.807, 2.05) is 60.1 Å². The van der Waals surface area contributed by atoms with Crippen molar-refractivity contribution >= 4 is 34.3 Å². The van der Waals surface area contributed by atoms with E-state index < -0.39 is 6.04 Å². The third kappa shape index (κ3) is 5.25. The fraction of sp³-hybridized carbons (Fsp3) is 0.419. The molecule has 2 aliphatic heterocycles. The highest BCUT2D eigenvalue weighted by Crippen LogP contribution is 2.33. The fourth-order valence-electron chi connectivity index (χ4n) is 5.75. The van der Waals surface area contributed by atoms with Gasteiger partial charge in [0.2, 0.25) is 11.8 Å². The monoisotopic (exact) mass is 571 g/mol. The smallest absolute Gasteiger partial charge is 0.274 e. The van der Waals surface area contributed by atoms with Crippen molar-refractivity contribution in [1.29, 1.82) is 0 Å². The summed E-state index contributed by atoms with van der Waals surface area (Å²) in [5, 5.41) is 17.7. The second kappa shape index (κ2) is 11.6. The lowest BCUT2D eigenvalue weighted by Crippen LogP contribution is -2.35. The van der Waals surface area contributed by atoms with Crippen molar-refractivity contribution in [2.24, 2.45) is 4.99 Å². The van der Waals surface area contributed by atoms with Crippen molar-refractivity contribution < 1.29 is 14.6 Å². The van der Waals surface area contributed by atoms with Crippen LogP contribution in [0.2, 0.25) is 0 Å². The SMILES string of the molecule is CCn1c(=O)c2ccc(Nc3ncc(C4=NC5(CCOCC5)CO4)c(N[C@H](CO)c4ccccc4)n3)cc2n1C(C)C. The van der Waals surface area contributed by atoms with Crippen molar-refractivity contribution in [2.45, 2.75) is 57.8 Å². The van der Waals surface area contributed by atoms with E-state index in [1.165, 1.54) is 0 Å². The van der Waals surface area contributed by atoms with E-state index >= 15 is 0 Å². The van der Waals surface area contributed by atoms with Gasteiger partial charge >= 0.3 is 0 Å². The van der Waals surface area contributed by atoms with E-state index in [1.54, 1.807) is 10.9 Å². The number of aliphatic imine (C=N–C) groups is 1. The molecule has 2 aromatic carbocycles. The molecule has 4 heterocycles. The number of nitrogens with zero attached hydrogens (tertiary/aromatic N) is 5. The van der Waals surface area contributed by atoms with Crippen molar-refractivity contribution in [3.8, 4) is 0 Å². The largest absolute Gasteiger partial charge is 0.475 e. The van der Waals surface area contributed by atoms with Gasteiger partial charge in [0.1, 0.15) is 18.0 Å². The van der Waals surface area contributed by atoms with Gasteiger partial charge in [0.15, 0.2) is 0 Å². The summed E-state index contributed by atoms with van der Waals surface area (Å²) < 4.78 is 15.5. The number of fused-ring (bicyclic) bond motifs is 1. The van der Waals surface area contributed by atoms with Gasteiger partial charge in [-0.15, -0.1) is 0 Å². The number of ether oxygens (including phenoxy) is 2. The van der Waals surface area contributed by atoms with Gasteiger partial charge < -0.3 is 25.2 Å². The number of aromatic nitrogens is 4. The van der Waals surface area contributed by atoms with Crippen LogP contribution < -0.4 is 16.2 Å². The Labute approximate surface area is 244 Å². The van der Waals surface area contributed by atoms with Gasteiger partial charge in [-0.1, -0.05) is 30.3 Å². The zero-order valence-electron chi connectivity index (χ0n) is 24.2. The zero-order chi connectivity index (χ0) is 29.3. The van der Waals surface area contributed by atoms with Crippen LogP contribution in [0.3, 0.4) is 0 Å². The maximum Gasteiger partial charge on any atom is 0.274 e. The van der Waals surface area contributed by atoms with Gasteiger partial charge in [0, 0.05) is 37.7 Å². The van der Waals surface area contributed by atoms with Crippen molar-refractivity contribution in [3.63, 3.8) is 0 Å². The Morgan fingerprint density at radius 3 is 2.62 bits per heavy atom. The predicted octanol–water partition coefficient (Wildman–Crippen LogP) is 4.41. The Bertz CT molecular complexity index is 1660. The van der Waals surface area contributed by atoms with Gasteiger partial charge in [-0.05, 0) is 57.4 Å². The summed E-state index contributed by atoms with van der Waals surface area (Å²) in [5.74, 6) is 1.34. The number of hydrogen-bond donors (Lipinski definition) is 3. The molecule has 11 nitrogen and oxygen atoms in total. The second-order valence-corrected chi connectivity index (χ2v) is 11.1. The summed E-state index contributed by atoms with van der Waals surface area (Å²) in [6.45, 7) is 8.34. The third-order valence-electron chi connectivity index (χ3n) is 7.97. The number of nitrogens with one attached hydrogen (secondary N) is 2. The average Bonchev–Trinajstić information content (AvgIpc) is 3.54. The molecular formula is C31H37N7O4. The van der Waals surface area contributed by atoms with Crippen LogP contribution in [-0.2, 0) is 16.0 Å². The van der Waals surface area contributed by atoms with E-state index in [4.69, 9.17) is 19.5 Å². The molecule has 1 fully saturated rings. The van der Waals surface area contributed by atoms with E-state index in [0.29, 0.717) is 55.0 Å². The second-order valence-electron chi connectivity index (χ2n) is 11.1. The average molecular weight is 572 g/mol. The molecule has 2 aromatic heterocycles. The van der Waals surface area contributed by atoms with E-state index in [0.717, 1.165) is 29.6 Å². The van der Waals surface area contributed by atoms with E-state index in [-0.39, 0.29) is 23.7 Å². The molecule has 0 aliphatic carbocycles. The van der Waals surface area contributed by atoms with Crippen LogP contribution in [0.5, 0.6) is 0 Å². The highest BCUT2D eigenvalue weighted by Gasteiger charge is 2.39. The van der Waals surface area contributed by atoms with Crippen LogP contribution >= 0.6 is 0 Å². The summed E-state index contributed by atoms with van der Waals surface area (Å²) in [5.41, 5.74) is 2.84. The molecule has 1 saturated heterocycles. The van der Waals surface area contributed by atoms with Gasteiger partial charge in [-0.3, -0.25) is 9.48 Å². The molecule has 11 heteroatoms. The first-order chi connectivity index (χ1) is 20.4. The first-order valence-corrected chi connectivity index (χ1v) is 14.5. The predicted molar refractivity (Wildman–Crippen MR) is 163 cm³/mol. The van der Waals surface area contributed by atoms with E-state index in [9.17, 15) is 9.90 Å². The lowest BCUT2D eigenvalue weighted by molar-refractivity contribution is 0.0442. The first kappa shape index (κ1) is 27.9. The molecule has 42 heavy (non-hydrogen) atoms. The van der Waals surface area contributed by atoms with Crippen LogP contribution in [0.1, 0.15) is 56.8 Å². The Morgan fingerprint density at radius 2 is 1.90 bits per heavy atom. The molecule has 6 rings (SSSR count). The molecule has 0 unspecified atom stereocenters. The number of aliphatic hydroxyl groups is 1. The number of benzene rings is 2. The molecule has 220 valence electrons. The standard InChI is InChI=1S/C31H37N7O4/c1-4-37-29(40)23-11-10-22(16-26(23)38(37)20(2)3)33-30-32-17-24(28-36-31(19-42-28)12-14-41-15-13-31)27(35-30)34-25(18-39)21-8-6-5-7-9-21/h5-11,16-17,20,25,39H,4,12-15,18-19H2,1-3H3,(H2,32,33,34,35)/t25-/m1/s1. The number of anilines is 3. The van der Waals surface area contributed by atoms with E-state index in [2.05, 4.69) is 29.5 Å². The number of aliphatic hydroxyl groups excluding tert-OH is 1. The molecule has 0 saturated carbocycles. The van der Waals surface area contributed by atoms with Crippen LogP contribution in [-0.4, -0.2) is 62.3 Å². The van der Waals surface area contributed by atoms with Crippen LogP contribution in [0.15, 0.2) is 64.5 Å². The lowest BCUT2D eigenvalue weighted by Gasteiger charge is -2.28. The number of rotatable bonds is 9. The molecule has 1 atom stereocenters. The van der Waals surface area contributed by atoms with Gasteiger partial charge in [0.05, 0.1) is 29.1 Å². The molecule has 0 radical (unpaired) electrons. The van der Waals surface area contributed by atoms with Crippen LogP contribution in [0, 0.1) is 0 Å². The Morgan fingerprint density at radius 1 is 1.12 bits per heavy atom. The van der Waals surface area contributed by atoms with Gasteiger partial charge in [-0.25, -0.2) is 14.7 Å². The van der Waals surface area contributed by atoms with Crippen LogP contribution in [0.4, 0.5) is 17.5 Å². The Kier molecular flexibility index (Phi) is 7.70. The minimum Gasteiger partial charge on any atom is -0.475 e. The molecule has 0 bridgehead atoms. The van der Waals surface area contributed by atoms with Crippen molar-refractivity contribution in [1.82, 2.24) is 19.3 Å². The summed E-state index contributed by atoms with van der Waals surface area (Å²) in [7, 11) is 0. The molecule has 3 N–H and O–H groups in total. The highest BCUT2D eigenvalue weighted by molar-refractivity contribution is 6.00. The highest BCUT2D eigenvalue weighted by atomic mass is 16.5. The maximum absolute atomic E-state index is 13.0. The lowest BCUT2D eigenvalue weighted by atomic mass is 9.92. The van der Waals surface area contributed by atoms with Crippen molar-refractivity contribution in [3.05, 3.63) is 76.2 Å². The maximum atomic E-state index is 13.0. The summed E-state index contributed by atoms with van der Waals surface area (Å²) >= 11 is 0. The summed E-state index contributed by atoms with van der Waals surface area (Å²) in [6.07, 6.45) is 3.30. The fourth-order valence-corrected chi connectivity index (χ4v) is 5.75. The summed E-state index contributed by atoms with van der Waals surface area (Å²) in [4.78, 5) is 27.4. The zero-order valence-corrected chi connectivity index (χ0v) is 24.2. The van der Waals surface area contributed by atoms with Crippen LogP contribution in [0.25, 0.3) is 10.9 Å². The normalized spacial score (nSPS) is 16.9. The molecule has 2 aliphatic rings. The molecule has 4 aromatic rings. The van der Waals surface area contributed by atoms with Gasteiger partial charge in [-0.2, -0.15) is 4.98 Å². The number of hydrogen-bond acceptors (Lipinski definition) is 9. The Balaban J connectivity index is 1.37. The third-order valence-corrected chi connectivity index (χ3v) is 7.97. The molecule has 1 spiro atoms. The minimum absolute atomic E-state index is 0.00423. The van der Waals surface area contributed by atoms with Crippen molar-refractivity contribution in [2.75, 3.05) is 37.1 Å². The quantitative estimate of drug-likeness (QED) is 0.270. The first-order valence-electron chi connectivity index (χ1n) is 14.5. The molecular weight excluding hydrogens is 534 g/mol. The topological polar surface area (TPSA) is 128 Å². The Hall–Kier alpha value is -4.22.